The molecule has 15 heavy (non-hydrogen) atoms. The topological polar surface area (TPSA) is 61.5 Å². The molecule has 0 saturated heterocycles. The second-order valence-electron chi connectivity index (χ2n) is 2.83. The summed E-state index contributed by atoms with van der Waals surface area (Å²) in [6.45, 7) is 0.155. The van der Waals surface area contributed by atoms with Crippen molar-refractivity contribution < 1.29 is 14.3 Å². The molecule has 0 spiro atoms. The Bertz CT molecular complexity index is 329. The maximum Gasteiger partial charge on any atom is 0.331 e. The molecule has 0 aliphatic rings. The largest absolute Gasteiger partial charge is 0.467 e. The van der Waals surface area contributed by atoms with E-state index in [4.69, 9.17) is 22.1 Å². The van der Waals surface area contributed by atoms with Crippen molar-refractivity contribution in [1.29, 1.82) is 0 Å². The first-order chi connectivity index (χ1) is 7.15. The van der Waals surface area contributed by atoms with Gasteiger partial charge in [-0.05, 0) is 11.4 Å². The summed E-state index contributed by atoms with van der Waals surface area (Å²) in [6.07, 6.45) is 0. The number of halogens is 1. The molecule has 0 aliphatic heterocycles. The van der Waals surface area contributed by atoms with Crippen molar-refractivity contribution >= 4 is 28.9 Å². The fraction of sp³-hybridized carbons (Fsp3) is 0.444. The molecule has 1 aromatic heterocycles. The minimum Gasteiger partial charge on any atom is -0.467 e. The number of carbonyl (C=O) groups is 1. The number of nitrogens with two attached hydrogens (primary N) is 1. The van der Waals surface area contributed by atoms with Gasteiger partial charge >= 0.3 is 5.97 Å². The first kappa shape index (κ1) is 12.4. The Labute approximate surface area is 96.9 Å². The molecule has 84 valence electrons. The van der Waals surface area contributed by atoms with E-state index in [1.165, 1.54) is 18.4 Å². The van der Waals surface area contributed by atoms with Crippen LogP contribution in [-0.2, 0) is 14.3 Å². The lowest BCUT2D eigenvalue weighted by Crippen LogP contribution is -2.19. The lowest BCUT2D eigenvalue weighted by molar-refractivity contribution is -0.146. The summed E-state index contributed by atoms with van der Waals surface area (Å²) < 4.78 is 9.49. The summed E-state index contributed by atoms with van der Waals surface area (Å²) in [7, 11) is 1.31. The Hall–Kier alpha value is -0.620. The van der Waals surface area contributed by atoms with E-state index in [1.807, 2.05) is 5.38 Å². The highest BCUT2D eigenvalue weighted by atomic mass is 35.5. The fourth-order valence-corrected chi connectivity index (χ4v) is 2.16. The molecular formula is C9H12ClNO3S. The molecule has 6 heteroatoms. The smallest absolute Gasteiger partial charge is 0.331 e. The third-order valence-electron chi connectivity index (χ3n) is 1.73. The number of hydrogen-bond acceptors (Lipinski definition) is 5. The van der Waals surface area contributed by atoms with Crippen LogP contribution in [0.3, 0.4) is 0 Å². The quantitative estimate of drug-likeness (QED) is 0.805. The van der Waals surface area contributed by atoms with Crippen molar-refractivity contribution in [2.45, 2.75) is 6.04 Å². The zero-order valence-corrected chi connectivity index (χ0v) is 9.81. The van der Waals surface area contributed by atoms with Crippen LogP contribution < -0.4 is 5.73 Å². The number of methoxy groups -OCH3 is 1. The van der Waals surface area contributed by atoms with Gasteiger partial charge in [0.1, 0.15) is 6.61 Å². The van der Waals surface area contributed by atoms with Gasteiger partial charge in [-0.3, -0.25) is 0 Å². The third kappa shape index (κ3) is 3.79. The predicted molar refractivity (Wildman–Crippen MR) is 59.1 cm³/mol. The highest BCUT2D eigenvalue weighted by Gasteiger charge is 2.12. The minimum absolute atomic E-state index is 0.0901. The van der Waals surface area contributed by atoms with E-state index in [9.17, 15) is 4.79 Å². The highest BCUT2D eigenvalue weighted by molar-refractivity contribution is 7.10. The van der Waals surface area contributed by atoms with Gasteiger partial charge < -0.3 is 15.2 Å². The highest BCUT2D eigenvalue weighted by Crippen LogP contribution is 2.27. The first-order valence-corrected chi connectivity index (χ1v) is 5.54. The molecule has 0 aliphatic carbocycles. The summed E-state index contributed by atoms with van der Waals surface area (Å²) in [5, 5.41) is 2.49. The lowest BCUT2D eigenvalue weighted by Gasteiger charge is -2.10. The van der Waals surface area contributed by atoms with Crippen molar-refractivity contribution in [3.8, 4) is 0 Å². The summed E-state index contributed by atoms with van der Waals surface area (Å²) >= 11 is 7.36. The number of ether oxygens (including phenoxy) is 2. The van der Waals surface area contributed by atoms with Gasteiger partial charge in [-0.25, -0.2) is 4.79 Å². The van der Waals surface area contributed by atoms with Crippen LogP contribution in [-0.4, -0.2) is 26.3 Å². The van der Waals surface area contributed by atoms with E-state index < -0.39 is 5.97 Å². The van der Waals surface area contributed by atoms with Crippen molar-refractivity contribution in [3.63, 3.8) is 0 Å². The zero-order chi connectivity index (χ0) is 11.3. The van der Waals surface area contributed by atoms with Crippen LogP contribution in [0, 0.1) is 0 Å². The van der Waals surface area contributed by atoms with Crippen LogP contribution >= 0.6 is 22.9 Å². The normalized spacial score (nSPS) is 12.5. The van der Waals surface area contributed by atoms with Gasteiger partial charge in [0, 0.05) is 4.88 Å². The molecular weight excluding hydrogens is 238 g/mol. The first-order valence-electron chi connectivity index (χ1n) is 4.28. The molecule has 4 nitrogen and oxygen atoms in total. The second-order valence-corrected chi connectivity index (χ2v) is 4.19. The van der Waals surface area contributed by atoms with Gasteiger partial charge in [0.15, 0.2) is 0 Å². The molecule has 0 amide bonds. The van der Waals surface area contributed by atoms with Crippen molar-refractivity contribution in [2.24, 2.45) is 5.73 Å². The summed E-state index contributed by atoms with van der Waals surface area (Å²) in [4.78, 5) is 11.6. The van der Waals surface area contributed by atoms with E-state index in [1.54, 1.807) is 6.07 Å². The van der Waals surface area contributed by atoms with Crippen molar-refractivity contribution in [1.82, 2.24) is 0 Å². The number of esters is 1. The average Bonchev–Trinajstić information content (AvgIpc) is 2.64. The lowest BCUT2D eigenvalue weighted by atomic mass is 10.3. The molecule has 1 unspecified atom stereocenters. The van der Waals surface area contributed by atoms with Crippen LogP contribution in [0.15, 0.2) is 11.4 Å². The number of rotatable bonds is 5. The van der Waals surface area contributed by atoms with E-state index in [-0.39, 0.29) is 19.3 Å². The molecule has 0 bridgehead atoms. The van der Waals surface area contributed by atoms with Crippen LogP contribution in [0.4, 0.5) is 0 Å². The molecule has 0 fully saturated rings. The number of carbonyl (C=O) groups excluding carboxylic acids is 1. The Morgan fingerprint density at radius 2 is 2.47 bits per heavy atom. The molecule has 0 saturated carbocycles. The summed E-state index contributed by atoms with van der Waals surface area (Å²) in [5.74, 6) is -0.417. The van der Waals surface area contributed by atoms with E-state index >= 15 is 0 Å². The van der Waals surface area contributed by atoms with Gasteiger partial charge in [0.25, 0.3) is 0 Å². The zero-order valence-electron chi connectivity index (χ0n) is 8.23. The molecule has 1 aromatic rings. The number of hydrogen-bond donors (Lipinski definition) is 1. The maximum absolute atomic E-state index is 10.7. The third-order valence-corrected chi connectivity index (χ3v) is 3.22. The molecule has 1 atom stereocenters. The van der Waals surface area contributed by atoms with Gasteiger partial charge in [-0.2, -0.15) is 0 Å². The monoisotopic (exact) mass is 249 g/mol. The van der Waals surface area contributed by atoms with Crippen LogP contribution in [0.1, 0.15) is 10.9 Å². The van der Waals surface area contributed by atoms with E-state index in [2.05, 4.69) is 4.74 Å². The standard InChI is InChI=1S/C9H12ClNO3S/c1-13-8(12)5-14-4-7(11)9-6(10)2-3-15-9/h2-3,7H,4-5,11H2,1H3. The molecule has 0 radical (unpaired) electrons. The summed E-state index contributed by atoms with van der Waals surface area (Å²) in [6, 6.07) is 1.48. The Kier molecular flexibility index (Phi) is 5.04. The van der Waals surface area contributed by atoms with Crippen molar-refractivity contribution in [2.75, 3.05) is 20.3 Å². The van der Waals surface area contributed by atoms with Crippen LogP contribution in [0.25, 0.3) is 0 Å². The molecule has 1 heterocycles. The second kappa shape index (κ2) is 6.07. The molecule has 2 N–H and O–H groups in total. The molecule has 1 rings (SSSR count). The van der Waals surface area contributed by atoms with Gasteiger partial charge in [0.2, 0.25) is 0 Å². The van der Waals surface area contributed by atoms with Crippen LogP contribution in [0.5, 0.6) is 0 Å². The Morgan fingerprint density at radius 3 is 3.00 bits per heavy atom. The van der Waals surface area contributed by atoms with E-state index in [0.717, 1.165) is 4.88 Å². The average molecular weight is 250 g/mol. The Balaban J connectivity index is 2.34. The van der Waals surface area contributed by atoms with Gasteiger partial charge in [-0.1, -0.05) is 11.6 Å². The van der Waals surface area contributed by atoms with Crippen LogP contribution in [0.2, 0.25) is 5.02 Å². The number of thiophene rings is 1. The summed E-state index contributed by atoms with van der Waals surface area (Å²) in [5.41, 5.74) is 5.82. The fourth-order valence-electron chi connectivity index (χ4n) is 0.974. The SMILES string of the molecule is COC(=O)COCC(N)c1sccc1Cl. The maximum atomic E-state index is 10.7. The van der Waals surface area contributed by atoms with E-state index in [0.29, 0.717) is 5.02 Å². The Morgan fingerprint density at radius 1 is 1.73 bits per heavy atom. The van der Waals surface area contributed by atoms with Gasteiger partial charge in [-0.15, -0.1) is 11.3 Å². The van der Waals surface area contributed by atoms with Crippen molar-refractivity contribution in [3.05, 3.63) is 21.3 Å². The minimum atomic E-state index is -0.417. The molecule has 0 aromatic carbocycles. The predicted octanol–water partition coefficient (Wildman–Crippen LogP) is 1.59. The van der Waals surface area contributed by atoms with Gasteiger partial charge in [0.05, 0.1) is 24.8 Å².